The number of aromatic amines is 1. The van der Waals surface area contributed by atoms with Crippen molar-refractivity contribution >= 4 is 46.1 Å². The van der Waals surface area contributed by atoms with Crippen molar-refractivity contribution in [3.8, 4) is 0 Å². The van der Waals surface area contributed by atoms with Crippen LogP contribution >= 0.6 is 11.6 Å². The van der Waals surface area contributed by atoms with Crippen molar-refractivity contribution in [3.05, 3.63) is 36.0 Å². The maximum atomic E-state index is 12.8. The van der Waals surface area contributed by atoms with Crippen LogP contribution in [0.1, 0.15) is 53.0 Å². The summed E-state index contributed by atoms with van der Waals surface area (Å²) in [6.45, 7) is 8.86. The Bertz CT molecular complexity index is 1080. The van der Waals surface area contributed by atoms with Crippen LogP contribution in [0.5, 0.6) is 0 Å². The normalized spacial score (nSPS) is 14.2. The Morgan fingerprint density at radius 3 is 2.42 bits per heavy atom. The molecule has 10 heteroatoms. The number of amides is 2. The number of ketones is 1. The number of H-pyrrole nitrogens is 1. The van der Waals surface area contributed by atoms with Gasteiger partial charge < -0.3 is 26.1 Å². The SMILES string of the molecule is CC(C)C[C@H](NC(=O)[C@@H](N)Cc1c[nH]c2ccccc12)C(=O)NCCC(=O)C(Cl)C(=O)OC(C)(C)C. The van der Waals surface area contributed by atoms with Crippen LogP contribution in [0.2, 0.25) is 0 Å². The lowest BCUT2D eigenvalue weighted by atomic mass is 10.0. The highest BCUT2D eigenvalue weighted by Gasteiger charge is 2.29. The second kappa shape index (κ2) is 12.9. The second-order valence-electron chi connectivity index (χ2n) is 10.3. The molecule has 0 aliphatic heterocycles. The molecule has 0 saturated carbocycles. The minimum Gasteiger partial charge on any atom is -0.459 e. The van der Waals surface area contributed by atoms with Crippen LogP contribution < -0.4 is 16.4 Å². The predicted octanol–water partition coefficient (Wildman–Crippen LogP) is 2.59. The third-order valence-electron chi connectivity index (χ3n) is 5.36. The highest BCUT2D eigenvalue weighted by Crippen LogP contribution is 2.19. The van der Waals surface area contributed by atoms with E-state index in [4.69, 9.17) is 22.1 Å². The van der Waals surface area contributed by atoms with Gasteiger partial charge in [0.25, 0.3) is 0 Å². The van der Waals surface area contributed by atoms with E-state index < -0.39 is 46.6 Å². The van der Waals surface area contributed by atoms with Crippen LogP contribution in [0, 0.1) is 5.92 Å². The number of Topliss-reactive ketones (excluding diaryl/α,β-unsaturated/α-hetero) is 1. The molecule has 36 heavy (non-hydrogen) atoms. The first-order valence-electron chi connectivity index (χ1n) is 12.1. The van der Waals surface area contributed by atoms with Gasteiger partial charge in [-0.05, 0) is 51.2 Å². The molecule has 0 radical (unpaired) electrons. The number of aromatic nitrogens is 1. The number of carbonyl (C=O) groups excluding carboxylic acids is 4. The van der Waals surface area contributed by atoms with Gasteiger partial charge in [-0.2, -0.15) is 0 Å². The number of ether oxygens (including phenoxy) is 1. The summed E-state index contributed by atoms with van der Waals surface area (Å²) in [5, 5.41) is 4.93. The zero-order valence-corrected chi connectivity index (χ0v) is 22.3. The van der Waals surface area contributed by atoms with Crippen LogP contribution in [-0.4, -0.2) is 58.2 Å². The molecule has 3 atom stereocenters. The first-order valence-corrected chi connectivity index (χ1v) is 12.5. The average molecular weight is 521 g/mol. The molecule has 0 saturated heterocycles. The molecule has 1 heterocycles. The summed E-state index contributed by atoms with van der Waals surface area (Å²) in [7, 11) is 0. The van der Waals surface area contributed by atoms with E-state index in [-0.39, 0.29) is 18.9 Å². The zero-order chi connectivity index (χ0) is 27.0. The van der Waals surface area contributed by atoms with Crippen molar-refractivity contribution in [2.75, 3.05) is 6.54 Å². The Morgan fingerprint density at radius 1 is 1.11 bits per heavy atom. The Hall–Kier alpha value is -2.91. The maximum absolute atomic E-state index is 12.8. The predicted molar refractivity (Wildman–Crippen MR) is 139 cm³/mol. The van der Waals surface area contributed by atoms with Gasteiger partial charge in [0.1, 0.15) is 11.6 Å². The molecule has 1 unspecified atom stereocenters. The quantitative estimate of drug-likeness (QED) is 0.192. The Kier molecular flexibility index (Phi) is 10.5. The van der Waals surface area contributed by atoms with E-state index in [1.165, 1.54) is 0 Å². The lowest BCUT2D eigenvalue weighted by Gasteiger charge is -2.22. The first kappa shape index (κ1) is 29.3. The van der Waals surface area contributed by atoms with E-state index in [2.05, 4.69) is 15.6 Å². The number of hydrogen-bond donors (Lipinski definition) is 4. The fraction of sp³-hybridized carbons (Fsp3) is 0.538. The number of para-hydroxylation sites is 1. The summed E-state index contributed by atoms with van der Waals surface area (Å²) in [6, 6.07) is 6.06. The highest BCUT2D eigenvalue weighted by atomic mass is 35.5. The molecule has 0 fully saturated rings. The van der Waals surface area contributed by atoms with Gasteiger partial charge in [0.05, 0.1) is 6.04 Å². The standard InChI is InChI=1S/C26H37ClN4O5/c1-15(2)12-20(24(34)29-11-10-21(32)22(27)25(35)36-26(3,4)5)31-23(33)18(28)13-16-14-30-19-9-7-6-8-17(16)19/h6-9,14-15,18,20,22,30H,10-13,28H2,1-5H3,(H,29,34)(H,31,33)/t18-,20-,22?/m0/s1. The van der Waals surface area contributed by atoms with E-state index in [1.54, 1.807) is 20.8 Å². The van der Waals surface area contributed by atoms with E-state index in [0.29, 0.717) is 12.8 Å². The molecule has 0 aliphatic rings. The number of hydrogen-bond acceptors (Lipinski definition) is 6. The van der Waals surface area contributed by atoms with Gasteiger partial charge in [-0.15, -0.1) is 11.6 Å². The number of halogens is 1. The number of nitrogens with two attached hydrogens (primary N) is 1. The van der Waals surface area contributed by atoms with Crippen molar-refractivity contribution in [3.63, 3.8) is 0 Å². The van der Waals surface area contributed by atoms with Gasteiger partial charge in [-0.3, -0.25) is 14.4 Å². The Morgan fingerprint density at radius 2 is 1.78 bits per heavy atom. The largest absolute Gasteiger partial charge is 0.459 e. The molecule has 0 aliphatic carbocycles. The fourth-order valence-electron chi connectivity index (χ4n) is 3.66. The van der Waals surface area contributed by atoms with Crippen molar-refractivity contribution in [2.24, 2.45) is 11.7 Å². The summed E-state index contributed by atoms with van der Waals surface area (Å²) in [5.41, 5.74) is 7.27. The minimum absolute atomic E-state index is 0.0322. The zero-order valence-electron chi connectivity index (χ0n) is 21.5. The third kappa shape index (κ3) is 8.95. The van der Waals surface area contributed by atoms with Gasteiger partial charge >= 0.3 is 5.97 Å². The van der Waals surface area contributed by atoms with E-state index in [0.717, 1.165) is 16.5 Å². The molecule has 5 N–H and O–H groups in total. The molecular formula is C26H37ClN4O5. The number of carbonyl (C=O) groups is 4. The molecular weight excluding hydrogens is 484 g/mol. The summed E-state index contributed by atoms with van der Waals surface area (Å²) in [5.74, 6) is -2.15. The van der Waals surface area contributed by atoms with Crippen molar-refractivity contribution in [1.29, 1.82) is 0 Å². The monoisotopic (exact) mass is 520 g/mol. The number of benzene rings is 1. The lowest BCUT2D eigenvalue weighted by Crippen LogP contribution is -2.52. The number of nitrogens with one attached hydrogen (secondary N) is 3. The van der Waals surface area contributed by atoms with Crippen LogP contribution in [0.4, 0.5) is 0 Å². The number of fused-ring (bicyclic) bond motifs is 1. The Labute approximate surface area is 216 Å². The van der Waals surface area contributed by atoms with Gasteiger partial charge in [-0.1, -0.05) is 32.0 Å². The molecule has 0 spiro atoms. The topological polar surface area (TPSA) is 143 Å². The molecule has 1 aromatic heterocycles. The van der Waals surface area contributed by atoms with Gasteiger partial charge in [0.15, 0.2) is 11.2 Å². The lowest BCUT2D eigenvalue weighted by molar-refractivity contribution is -0.155. The molecule has 9 nitrogen and oxygen atoms in total. The van der Waals surface area contributed by atoms with E-state index in [9.17, 15) is 19.2 Å². The molecule has 0 bridgehead atoms. The molecule has 2 amide bonds. The molecule has 1 aromatic carbocycles. The van der Waals surface area contributed by atoms with Crippen LogP contribution in [0.15, 0.2) is 30.5 Å². The summed E-state index contributed by atoms with van der Waals surface area (Å²) < 4.78 is 5.12. The molecule has 2 aromatic rings. The summed E-state index contributed by atoms with van der Waals surface area (Å²) >= 11 is 5.92. The van der Waals surface area contributed by atoms with Gasteiger partial charge in [-0.25, -0.2) is 4.79 Å². The minimum atomic E-state index is -1.45. The van der Waals surface area contributed by atoms with Crippen LogP contribution in [0.3, 0.4) is 0 Å². The highest BCUT2D eigenvalue weighted by molar-refractivity contribution is 6.41. The van der Waals surface area contributed by atoms with Crippen molar-refractivity contribution in [2.45, 2.75) is 76.9 Å². The Balaban J connectivity index is 1.91. The number of rotatable bonds is 12. The van der Waals surface area contributed by atoms with Gasteiger partial charge in [0, 0.05) is 30.1 Å². The average Bonchev–Trinajstić information content (AvgIpc) is 3.19. The smallest absolute Gasteiger partial charge is 0.332 e. The molecule has 198 valence electrons. The maximum Gasteiger partial charge on any atom is 0.332 e. The van der Waals surface area contributed by atoms with Gasteiger partial charge in [0.2, 0.25) is 11.8 Å². The van der Waals surface area contributed by atoms with Crippen LogP contribution in [-0.2, 0) is 30.3 Å². The number of alkyl halides is 1. The summed E-state index contributed by atoms with van der Waals surface area (Å²) in [4.78, 5) is 53.0. The van der Waals surface area contributed by atoms with Crippen molar-refractivity contribution < 1.29 is 23.9 Å². The van der Waals surface area contributed by atoms with Crippen molar-refractivity contribution in [1.82, 2.24) is 15.6 Å². The third-order valence-corrected chi connectivity index (χ3v) is 5.78. The van der Waals surface area contributed by atoms with Crippen LogP contribution in [0.25, 0.3) is 10.9 Å². The summed E-state index contributed by atoms with van der Waals surface area (Å²) in [6.07, 6.45) is 2.37. The molecule has 2 rings (SSSR count). The second-order valence-corrected chi connectivity index (χ2v) is 10.7. The van der Waals surface area contributed by atoms with E-state index in [1.807, 2.05) is 44.3 Å². The van der Waals surface area contributed by atoms with E-state index >= 15 is 0 Å². The fourth-order valence-corrected chi connectivity index (χ4v) is 3.81. The number of esters is 1. The first-order chi connectivity index (χ1) is 16.8.